The summed E-state index contributed by atoms with van der Waals surface area (Å²) in [6.45, 7) is 10.3. The van der Waals surface area contributed by atoms with Gasteiger partial charge in [-0.1, -0.05) is 29.9 Å². The Bertz CT molecular complexity index is 1320. The number of Topliss-reactive ketones (excluding diaryl/α,β-unsaturated/α-hetero) is 1. The van der Waals surface area contributed by atoms with Crippen LogP contribution in [0.25, 0.3) is 21.3 Å². The Morgan fingerprint density at radius 1 is 1.12 bits per heavy atom. The zero-order valence-electron chi connectivity index (χ0n) is 19.4. The van der Waals surface area contributed by atoms with Gasteiger partial charge in [0.1, 0.15) is 11.5 Å². The van der Waals surface area contributed by atoms with Gasteiger partial charge in [-0.25, -0.2) is 4.98 Å². The van der Waals surface area contributed by atoms with Crippen LogP contribution < -0.4 is 4.74 Å². The zero-order chi connectivity index (χ0) is 23.1. The first-order valence-electron chi connectivity index (χ1n) is 11.4. The van der Waals surface area contributed by atoms with Crippen molar-refractivity contribution < 1.29 is 9.53 Å². The maximum atomic E-state index is 12.1. The number of carbonyl (C=O) groups is 1. The van der Waals surface area contributed by atoms with E-state index in [1.807, 2.05) is 19.3 Å². The molecule has 0 radical (unpaired) electrons. The van der Waals surface area contributed by atoms with Gasteiger partial charge in [0.15, 0.2) is 0 Å². The Morgan fingerprint density at radius 3 is 2.79 bits per heavy atom. The van der Waals surface area contributed by atoms with E-state index in [2.05, 4.69) is 55.8 Å². The number of aromatic nitrogens is 1. The average Bonchev–Trinajstić information content (AvgIpc) is 3.03. The van der Waals surface area contributed by atoms with Crippen molar-refractivity contribution in [3.8, 4) is 16.9 Å². The number of aliphatic imine (C=N–C) groups is 1. The number of nitrogens with zero attached hydrogens (tertiary/aromatic N) is 2. The number of thiazole rings is 1. The topological polar surface area (TPSA) is 51.5 Å². The van der Waals surface area contributed by atoms with Crippen LogP contribution in [-0.2, 0) is 11.2 Å². The van der Waals surface area contributed by atoms with Gasteiger partial charge in [-0.3, -0.25) is 9.79 Å². The fourth-order valence-corrected chi connectivity index (χ4v) is 5.66. The molecular formula is C28H28N2O2S. The molecule has 5 heteroatoms. The minimum atomic E-state index is -0.0833. The van der Waals surface area contributed by atoms with Gasteiger partial charge in [0.05, 0.1) is 21.3 Å². The van der Waals surface area contributed by atoms with Crippen LogP contribution in [0.15, 0.2) is 59.2 Å². The van der Waals surface area contributed by atoms with Crippen LogP contribution in [0.4, 0.5) is 0 Å². The number of hydrogen-bond donors (Lipinski definition) is 0. The number of rotatable bonds is 4. The number of fused-ring (bicyclic) bond motifs is 2. The molecule has 0 N–H and O–H groups in total. The van der Waals surface area contributed by atoms with Gasteiger partial charge in [0.2, 0.25) is 0 Å². The number of ether oxygens (including phenoxy) is 1. The quantitative estimate of drug-likeness (QED) is 0.404. The van der Waals surface area contributed by atoms with Crippen LogP contribution in [0.2, 0.25) is 0 Å². The molecule has 0 amide bonds. The van der Waals surface area contributed by atoms with Crippen molar-refractivity contribution in [3.05, 3.63) is 70.4 Å². The van der Waals surface area contributed by atoms with E-state index < -0.39 is 0 Å². The molecule has 0 saturated heterocycles. The first-order valence-corrected chi connectivity index (χ1v) is 12.3. The molecule has 0 unspecified atom stereocenters. The lowest BCUT2D eigenvalue weighted by Gasteiger charge is -2.29. The summed E-state index contributed by atoms with van der Waals surface area (Å²) in [7, 11) is 0. The predicted octanol–water partition coefficient (Wildman–Crippen LogP) is 6.84. The standard InChI is InChI=1S/C28H28N2O2S/c1-16-7-22(11-25(31)9-16)18(3)32-27-13-23(12-26-28(27)33-19(4)30-26)21-6-5-20-8-17(2)14-29-15-24(20)10-21/h5-6,10,12-15,18,22H,1,7-9,11H2,2-4H3/t18-,22+/m1/s1. The van der Waals surface area contributed by atoms with E-state index in [1.54, 1.807) is 11.3 Å². The predicted molar refractivity (Wildman–Crippen MR) is 136 cm³/mol. The first-order chi connectivity index (χ1) is 15.9. The number of aryl methyl sites for hydroxylation is 1. The van der Waals surface area contributed by atoms with E-state index in [1.165, 1.54) is 11.1 Å². The van der Waals surface area contributed by atoms with Crippen LogP contribution in [0.1, 0.15) is 49.2 Å². The number of carbonyl (C=O) groups excluding carboxylic acids is 1. The SMILES string of the molecule is C=C1CC(=O)C[C@@H]([C@@H](C)Oc2cc(-c3ccc4c(c3)C=NC=C(C)C4)cc3nc(C)sc23)C1. The molecule has 0 spiro atoms. The van der Waals surface area contributed by atoms with Gasteiger partial charge in [-0.05, 0) is 74.1 Å². The minimum absolute atomic E-state index is 0.0833. The molecule has 2 aliphatic rings. The summed E-state index contributed by atoms with van der Waals surface area (Å²) in [6, 6.07) is 10.8. The van der Waals surface area contributed by atoms with Crippen LogP contribution in [0, 0.1) is 12.8 Å². The highest BCUT2D eigenvalue weighted by atomic mass is 32.1. The second-order valence-electron chi connectivity index (χ2n) is 9.36. The lowest BCUT2D eigenvalue weighted by atomic mass is 9.82. The number of allylic oxidation sites excluding steroid dienone is 2. The molecule has 1 aromatic heterocycles. The van der Waals surface area contributed by atoms with Gasteiger partial charge in [-0.15, -0.1) is 11.3 Å². The van der Waals surface area contributed by atoms with Crippen molar-refractivity contribution in [3.63, 3.8) is 0 Å². The molecule has 2 atom stereocenters. The third-order valence-electron chi connectivity index (χ3n) is 6.48. The molecule has 1 aliphatic carbocycles. The number of hydrogen-bond acceptors (Lipinski definition) is 5. The summed E-state index contributed by atoms with van der Waals surface area (Å²) in [4.78, 5) is 21.3. The third-order valence-corrected chi connectivity index (χ3v) is 7.49. The Kier molecular flexibility index (Phi) is 5.75. The van der Waals surface area contributed by atoms with Gasteiger partial charge < -0.3 is 4.74 Å². The lowest BCUT2D eigenvalue weighted by Crippen LogP contribution is -2.29. The maximum absolute atomic E-state index is 12.1. The Morgan fingerprint density at radius 2 is 1.97 bits per heavy atom. The van der Waals surface area contributed by atoms with Gasteiger partial charge >= 0.3 is 0 Å². The largest absolute Gasteiger partial charge is 0.489 e. The lowest BCUT2D eigenvalue weighted by molar-refractivity contribution is -0.121. The Labute approximate surface area is 198 Å². The fraction of sp³-hybridized carbons (Fsp3) is 0.321. The molecule has 0 bridgehead atoms. The molecule has 3 aromatic rings. The van der Waals surface area contributed by atoms with Crippen molar-refractivity contribution in [2.75, 3.05) is 0 Å². The highest BCUT2D eigenvalue weighted by Gasteiger charge is 2.28. The summed E-state index contributed by atoms with van der Waals surface area (Å²) >= 11 is 1.65. The highest BCUT2D eigenvalue weighted by molar-refractivity contribution is 7.18. The summed E-state index contributed by atoms with van der Waals surface area (Å²) in [5.74, 6) is 1.26. The molecule has 4 nitrogen and oxygen atoms in total. The number of benzene rings is 2. The van der Waals surface area contributed by atoms with E-state index in [9.17, 15) is 4.79 Å². The zero-order valence-corrected chi connectivity index (χ0v) is 20.2. The smallest absolute Gasteiger partial charge is 0.139 e. The summed E-state index contributed by atoms with van der Waals surface area (Å²) in [6.07, 6.45) is 6.61. The van der Waals surface area contributed by atoms with E-state index in [0.29, 0.717) is 12.8 Å². The second-order valence-corrected chi connectivity index (χ2v) is 10.6. The summed E-state index contributed by atoms with van der Waals surface area (Å²) in [5, 5.41) is 1.01. The first kappa shape index (κ1) is 21.8. The van der Waals surface area contributed by atoms with E-state index in [-0.39, 0.29) is 17.8 Å². The van der Waals surface area contributed by atoms with Crippen molar-refractivity contribution >= 4 is 33.6 Å². The Hall–Kier alpha value is -3.05. The van der Waals surface area contributed by atoms with Crippen molar-refractivity contribution in [2.24, 2.45) is 10.9 Å². The molecule has 1 saturated carbocycles. The van der Waals surface area contributed by atoms with Crippen LogP contribution in [-0.4, -0.2) is 23.1 Å². The van der Waals surface area contributed by atoms with E-state index in [0.717, 1.165) is 56.1 Å². The van der Waals surface area contributed by atoms with Crippen molar-refractivity contribution in [1.29, 1.82) is 0 Å². The molecule has 1 fully saturated rings. The van der Waals surface area contributed by atoms with Crippen molar-refractivity contribution in [2.45, 2.75) is 52.6 Å². The molecule has 33 heavy (non-hydrogen) atoms. The third kappa shape index (κ3) is 4.55. The molecule has 2 aromatic carbocycles. The molecule has 5 rings (SSSR count). The minimum Gasteiger partial charge on any atom is -0.489 e. The normalized spacial score (nSPS) is 19.2. The molecular weight excluding hydrogens is 428 g/mol. The van der Waals surface area contributed by atoms with Gasteiger partial charge in [0, 0.05) is 31.2 Å². The van der Waals surface area contributed by atoms with Crippen LogP contribution >= 0.6 is 11.3 Å². The van der Waals surface area contributed by atoms with Crippen LogP contribution in [0.5, 0.6) is 5.75 Å². The summed E-state index contributed by atoms with van der Waals surface area (Å²) < 4.78 is 7.58. The fourth-order valence-electron chi connectivity index (χ4n) is 4.80. The van der Waals surface area contributed by atoms with Crippen molar-refractivity contribution in [1.82, 2.24) is 4.98 Å². The monoisotopic (exact) mass is 456 g/mol. The molecule has 168 valence electrons. The van der Waals surface area contributed by atoms with Gasteiger partial charge in [0.25, 0.3) is 0 Å². The Balaban J connectivity index is 1.51. The maximum Gasteiger partial charge on any atom is 0.139 e. The molecule has 1 aliphatic heterocycles. The highest BCUT2D eigenvalue weighted by Crippen LogP contribution is 2.39. The average molecular weight is 457 g/mol. The summed E-state index contributed by atoms with van der Waals surface area (Å²) in [5.41, 5.74) is 7.83. The van der Waals surface area contributed by atoms with Crippen LogP contribution in [0.3, 0.4) is 0 Å². The second kappa shape index (κ2) is 8.71. The van der Waals surface area contributed by atoms with E-state index in [4.69, 9.17) is 9.72 Å². The van der Waals surface area contributed by atoms with E-state index >= 15 is 0 Å². The number of ketones is 1. The molecule has 2 heterocycles. The van der Waals surface area contributed by atoms with Gasteiger partial charge in [-0.2, -0.15) is 0 Å².